The molecular formula is C19H23ClN4O4S. The lowest BCUT2D eigenvalue weighted by molar-refractivity contribution is -0.121. The fourth-order valence-electron chi connectivity index (χ4n) is 2.35. The SMILES string of the molecule is COc1ccc(S(=O)(=O)N(C)CC(=O)N/N=C\c2ccc(N(C)C)cc2)cc1Cl. The normalized spacial score (nSPS) is 11.7. The Balaban J connectivity index is 1.97. The number of rotatable bonds is 8. The largest absolute Gasteiger partial charge is 0.495 e. The average Bonchev–Trinajstić information content (AvgIpc) is 2.68. The molecular weight excluding hydrogens is 416 g/mol. The van der Waals surface area contributed by atoms with Crippen LogP contribution in [0, 0.1) is 0 Å². The molecule has 0 heterocycles. The van der Waals surface area contributed by atoms with Crippen molar-refractivity contribution in [3.63, 3.8) is 0 Å². The number of hydrogen-bond acceptors (Lipinski definition) is 6. The van der Waals surface area contributed by atoms with E-state index in [0.717, 1.165) is 15.6 Å². The monoisotopic (exact) mass is 438 g/mol. The zero-order chi connectivity index (χ0) is 21.6. The van der Waals surface area contributed by atoms with E-state index >= 15 is 0 Å². The number of hydrogen-bond donors (Lipinski definition) is 1. The number of ether oxygens (including phenoxy) is 1. The highest BCUT2D eigenvalue weighted by atomic mass is 35.5. The van der Waals surface area contributed by atoms with Crippen LogP contribution in [-0.2, 0) is 14.8 Å². The number of methoxy groups -OCH3 is 1. The van der Waals surface area contributed by atoms with Crippen molar-refractivity contribution in [2.75, 3.05) is 39.7 Å². The van der Waals surface area contributed by atoms with Gasteiger partial charge in [0.15, 0.2) is 0 Å². The highest BCUT2D eigenvalue weighted by Gasteiger charge is 2.23. The molecule has 0 atom stereocenters. The van der Waals surface area contributed by atoms with Crippen LogP contribution in [0.15, 0.2) is 52.5 Å². The van der Waals surface area contributed by atoms with Gasteiger partial charge >= 0.3 is 0 Å². The minimum atomic E-state index is -3.90. The standard InChI is InChI=1S/C19H23ClN4O4S/c1-23(2)15-7-5-14(6-8-15)12-21-22-19(25)13-24(3)29(26,27)16-9-10-18(28-4)17(20)11-16/h5-12H,13H2,1-4H3,(H,22,25)/b21-12-. The zero-order valence-corrected chi connectivity index (χ0v) is 18.2. The number of nitrogens with one attached hydrogen (secondary N) is 1. The van der Waals surface area contributed by atoms with E-state index in [2.05, 4.69) is 10.5 Å². The fourth-order valence-corrected chi connectivity index (χ4v) is 3.82. The molecule has 156 valence electrons. The number of benzene rings is 2. The van der Waals surface area contributed by atoms with Gasteiger partial charge in [0.1, 0.15) is 5.75 Å². The van der Waals surface area contributed by atoms with E-state index in [1.54, 1.807) is 0 Å². The molecule has 0 radical (unpaired) electrons. The minimum Gasteiger partial charge on any atom is -0.495 e. The molecule has 0 saturated heterocycles. The van der Waals surface area contributed by atoms with Crippen LogP contribution in [0.1, 0.15) is 5.56 Å². The Morgan fingerprint density at radius 1 is 1.17 bits per heavy atom. The van der Waals surface area contributed by atoms with Gasteiger partial charge < -0.3 is 9.64 Å². The van der Waals surface area contributed by atoms with Gasteiger partial charge in [-0.15, -0.1) is 0 Å². The van der Waals surface area contributed by atoms with Crippen LogP contribution in [0.5, 0.6) is 5.75 Å². The maximum Gasteiger partial charge on any atom is 0.255 e. The Labute approximate surface area is 175 Å². The van der Waals surface area contributed by atoms with E-state index in [9.17, 15) is 13.2 Å². The zero-order valence-electron chi connectivity index (χ0n) is 16.6. The number of sulfonamides is 1. The number of likely N-dealkylation sites (N-methyl/N-ethyl adjacent to an activating group) is 1. The maximum absolute atomic E-state index is 12.6. The molecule has 1 N–H and O–H groups in total. The number of anilines is 1. The molecule has 8 nitrogen and oxygen atoms in total. The molecule has 0 aliphatic carbocycles. The lowest BCUT2D eigenvalue weighted by atomic mass is 10.2. The molecule has 0 aromatic heterocycles. The Kier molecular flexibility index (Phi) is 7.60. The van der Waals surface area contributed by atoms with E-state index < -0.39 is 22.5 Å². The maximum atomic E-state index is 12.6. The lowest BCUT2D eigenvalue weighted by Crippen LogP contribution is -2.36. The van der Waals surface area contributed by atoms with E-state index in [0.29, 0.717) is 5.75 Å². The molecule has 2 rings (SSSR count). The van der Waals surface area contributed by atoms with Crippen molar-refractivity contribution in [1.29, 1.82) is 0 Å². The van der Waals surface area contributed by atoms with Crippen LogP contribution < -0.4 is 15.1 Å². The minimum absolute atomic E-state index is 0.0388. The summed E-state index contributed by atoms with van der Waals surface area (Å²) in [6.45, 7) is -0.400. The first-order chi connectivity index (χ1) is 13.6. The molecule has 0 spiro atoms. The predicted molar refractivity (Wildman–Crippen MR) is 114 cm³/mol. The topological polar surface area (TPSA) is 91.3 Å². The quantitative estimate of drug-likeness (QED) is 0.504. The van der Waals surface area contributed by atoms with E-state index in [-0.39, 0.29) is 9.92 Å². The first-order valence-corrected chi connectivity index (χ1v) is 10.4. The molecule has 10 heteroatoms. The number of halogens is 1. The first-order valence-electron chi connectivity index (χ1n) is 8.54. The number of carbonyl (C=O) groups excluding carboxylic acids is 1. The van der Waals surface area contributed by atoms with Crippen LogP contribution in [0.4, 0.5) is 5.69 Å². The summed E-state index contributed by atoms with van der Waals surface area (Å²) >= 11 is 5.99. The van der Waals surface area contributed by atoms with Crippen LogP contribution in [-0.4, -0.2) is 59.6 Å². The molecule has 1 amide bonds. The Hall–Kier alpha value is -2.62. The van der Waals surface area contributed by atoms with Crippen molar-refractivity contribution in [3.05, 3.63) is 53.1 Å². The smallest absolute Gasteiger partial charge is 0.255 e. The first kappa shape index (κ1) is 22.7. The summed E-state index contributed by atoms with van der Waals surface area (Å²) in [6.07, 6.45) is 1.48. The van der Waals surface area contributed by atoms with Gasteiger partial charge in [0, 0.05) is 26.8 Å². The highest BCUT2D eigenvalue weighted by Crippen LogP contribution is 2.28. The molecule has 0 aliphatic heterocycles. The van der Waals surface area contributed by atoms with Crippen LogP contribution >= 0.6 is 11.6 Å². The van der Waals surface area contributed by atoms with E-state index in [4.69, 9.17) is 16.3 Å². The van der Waals surface area contributed by atoms with E-state index in [1.165, 1.54) is 38.6 Å². The molecule has 0 aliphatic rings. The molecule has 0 fully saturated rings. The predicted octanol–water partition coefficient (Wildman–Crippen LogP) is 2.19. The van der Waals surface area contributed by atoms with Gasteiger partial charge in [0.05, 0.1) is 29.8 Å². The average molecular weight is 439 g/mol. The van der Waals surface area contributed by atoms with Crippen molar-refractivity contribution < 1.29 is 17.9 Å². The van der Waals surface area contributed by atoms with Gasteiger partial charge in [0.25, 0.3) is 5.91 Å². The second kappa shape index (κ2) is 9.73. The Morgan fingerprint density at radius 3 is 2.38 bits per heavy atom. The number of nitrogens with zero attached hydrogens (tertiary/aromatic N) is 3. The van der Waals surface area contributed by atoms with Gasteiger partial charge in [-0.25, -0.2) is 13.8 Å². The number of carbonyl (C=O) groups is 1. The highest BCUT2D eigenvalue weighted by molar-refractivity contribution is 7.89. The lowest BCUT2D eigenvalue weighted by Gasteiger charge is -2.16. The molecule has 0 unspecified atom stereocenters. The summed E-state index contributed by atoms with van der Waals surface area (Å²) in [5.41, 5.74) is 4.16. The van der Waals surface area contributed by atoms with Gasteiger partial charge in [-0.05, 0) is 35.9 Å². The molecule has 0 saturated carbocycles. The molecule has 0 bridgehead atoms. The van der Waals surface area contributed by atoms with Gasteiger partial charge in [-0.2, -0.15) is 9.41 Å². The number of hydrazone groups is 1. The summed E-state index contributed by atoms with van der Waals surface area (Å²) < 4.78 is 31.1. The number of amides is 1. The van der Waals surface area contributed by atoms with Crippen molar-refractivity contribution in [3.8, 4) is 5.75 Å². The summed E-state index contributed by atoms with van der Waals surface area (Å²) in [4.78, 5) is 14.0. The van der Waals surface area contributed by atoms with Gasteiger partial charge in [-0.3, -0.25) is 4.79 Å². The van der Waals surface area contributed by atoms with Gasteiger partial charge in [0.2, 0.25) is 10.0 Å². The summed E-state index contributed by atoms with van der Waals surface area (Å²) in [5, 5.41) is 4.03. The van der Waals surface area contributed by atoms with E-state index in [1.807, 2.05) is 43.3 Å². The van der Waals surface area contributed by atoms with Gasteiger partial charge in [-0.1, -0.05) is 23.7 Å². The molecule has 2 aromatic carbocycles. The molecule has 29 heavy (non-hydrogen) atoms. The van der Waals surface area contributed by atoms with Crippen LogP contribution in [0.3, 0.4) is 0 Å². The van der Waals surface area contributed by atoms with Crippen molar-refractivity contribution >= 4 is 39.4 Å². The molecule has 2 aromatic rings. The third-order valence-corrected chi connectivity index (χ3v) is 6.10. The second-order valence-electron chi connectivity index (χ2n) is 6.34. The third-order valence-electron chi connectivity index (χ3n) is 4.01. The summed E-state index contributed by atoms with van der Waals surface area (Å²) in [7, 11) is 2.72. The van der Waals surface area contributed by atoms with Crippen LogP contribution in [0.25, 0.3) is 0 Å². The van der Waals surface area contributed by atoms with Crippen LogP contribution in [0.2, 0.25) is 5.02 Å². The third kappa shape index (κ3) is 5.93. The van der Waals surface area contributed by atoms with Crippen molar-refractivity contribution in [2.45, 2.75) is 4.90 Å². The van der Waals surface area contributed by atoms with Crippen molar-refractivity contribution in [1.82, 2.24) is 9.73 Å². The Morgan fingerprint density at radius 2 is 1.83 bits per heavy atom. The summed E-state index contributed by atoms with van der Waals surface area (Å²) in [5.74, 6) is -0.212. The van der Waals surface area contributed by atoms with Crippen molar-refractivity contribution in [2.24, 2.45) is 5.10 Å². The second-order valence-corrected chi connectivity index (χ2v) is 8.79. The Bertz CT molecular complexity index is 992. The summed E-state index contributed by atoms with van der Waals surface area (Å²) in [6, 6.07) is 11.6. The fraction of sp³-hybridized carbons (Fsp3) is 0.263.